The van der Waals surface area contributed by atoms with E-state index in [1.807, 2.05) is 48.7 Å². The smallest absolute Gasteiger partial charge is 0.261 e. The van der Waals surface area contributed by atoms with Crippen molar-refractivity contribution in [2.75, 3.05) is 4.72 Å². The van der Waals surface area contributed by atoms with Gasteiger partial charge in [-0.2, -0.15) is 0 Å². The molecule has 0 spiro atoms. The molecular formula is C25H22N2O3S2. The van der Waals surface area contributed by atoms with Crippen molar-refractivity contribution in [3.05, 3.63) is 118 Å². The standard InChI is InChI=1S/C25H22N2O3S2/c1-18-9-11-19(12-10-18)24(23-8-5-17-31-23)26-25(28)20-13-15-21(16-14-20)27-32(29,30)22-6-3-2-4-7-22/h2-17,24,27H,1H3,(H,26,28). The van der Waals surface area contributed by atoms with E-state index in [0.29, 0.717) is 11.3 Å². The third-order valence-electron chi connectivity index (χ3n) is 4.97. The van der Waals surface area contributed by atoms with Gasteiger partial charge < -0.3 is 5.32 Å². The fourth-order valence-corrected chi connectivity index (χ4v) is 5.13. The fraction of sp³-hybridized carbons (Fsp3) is 0.0800. The second-order valence-electron chi connectivity index (χ2n) is 7.33. The minimum absolute atomic E-state index is 0.179. The Hall–Kier alpha value is -3.42. The lowest BCUT2D eigenvalue weighted by Crippen LogP contribution is -2.28. The van der Waals surface area contributed by atoms with Crippen LogP contribution in [0, 0.1) is 6.92 Å². The summed E-state index contributed by atoms with van der Waals surface area (Å²) in [5.74, 6) is -0.235. The molecule has 32 heavy (non-hydrogen) atoms. The Morgan fingerprint density at radius 1 is 0.844 bits per heavy atom. The summed E-state index contributed by atoms with van der Waals surface area (Å²) in [6.45, 7) is 2.02. The van der Waals surface area contributed by atoms with Crippen molar-refractivity contribution in [1.82, 2.24) is 5.32 Å². The van der Waals surface area contributed by atoms with Gasteiger partial charge >= 0.3 is 0 Å². The number of sulfonamides is 1. The average molecular weight is 463 g/mol. The third kappa shape index (κ3) is 5.07. The molecule has 0 saturated heterocycles. The van der Waals surface area contributed by atoms with E-state index < -0.39 is 10.0 Å². The summed E-state index contributed by atoms with van der Waals surface area (Å²) in [5, 5.41) is 5.08. The lowest BCUT2D eigenvalue weighted by molar-refractivity contribution is 0.0943. The van der Waals surface area contributed by atoms with Crippen LogP contribution in [-0.4, -0.2) is 14.3 Å². The molecule has 4 rings (SSSR count). The van der Waals surface area contributed by atoms with E-state index in [-0.39, 0.29) is 16.8 Å². The first-order valence-corrected chi connectivity index (χ1v) is 12.4. The zero-order chi connectivity index (χ0) is 22.6. The van der Waals surface area contributed by atoms with Crippen LogP contribution < -0.4 is 10.0 Å². The SMILES string of the molecule is Cc1ccc(C(NC(=O)c2ccc(NS(=O)(=O)c3ccccc3)cc2)c2cccs2)cc1. The summed E-state index contributed by atoms with van der Waals surface area (Å²) in [4.78, 5) is 14.2. The predicted molar refractivity (Wildman–Crippen MR) is 128 cm³/mol. The molecule has 2 N–H and O–H groups in total. The van der Waals surface area contributed by atoms with Gasteiger partial charge in [0.2, 0.25) is 0 Å². The van der Waals surface area contributed by atoms with E-state index in [4.69, 9.17) is 0 Å². The molecular weight excluding hydrogens is 440 g/mol. The summed E-state index contributed by atoms with van der Waals surface area (Å²) >= 11 is 1.58. The number of amides is 1. The molecule has 0 aliphatic rings. The minimum atomic E-state index is -3.68. The van der Waals surface area contributed by atoms with Crippen LogP contribution in [0.5, 0.6) is 0 Å². The number of hydrogen-bond acceptors (Lipinski definition) is 4. The maximum atomic E-state index is 13.0. The van der Waals surface area contributed by atoms with Gasteiger partial charge in [0.05, 0.1) is 10.9 Å². The molecule has 162 valence electrons. The molecule has 0 bridgehead atoms. The highest BCUT2D eigenvalue weighted by molar-refractivity contribution is 7.92. The topological polar surface area (TPSA) is 75.3 Å². The Morgan fingerprint density at radius 3 is 2.16 bits per heavy atom. The van der Waals surface area contributed by atoms with Crippen LogP contribution in [0.25, 0.3) is 0 Å². The maximum absolute atomic E-state index is 13.0. The number of benzene rings is 3. The van der Waals surface area contributed by atoms with Crippen molar-refractivity contribution in [2.45, 2.75) is 17.9 Å². The number of nitrogens with one attached hydrogen (secondary N) is 2. The minimum Gasteiger partial charge on any atom is -0.340 e. The molecule has 1 unspecified atom stereocenters. The second-order valence-corrected chi connectivity index (χ2v) is 9.99. The van der Waals surface area contributed by atoms with Crippen LogP contribution in [0.1, 0.15) is 32.4 Å². The highest BCUT2D eigenvalue weighted by Crippen LogP contribution is 2.27. The fourth-order valence-electron chi connectivity index (χ4n) is 3.25. The predicted octanol–water partition coefficient (Wildman–Crippen LogP) is 5.38. The molecule has 0 aliphatic heterocycles. The molecule has 3 aromatic carbocycles. The Balaban J connectivity index is 1.51. The lowest BCUT2D eigenvalue weighted by Gasteiger charge is -2.18. The largest absolute Gasteiger partial charge is 0.340 e. The quantitative estimate of drug-likeness (QED) is 0.387. The Bertz CT molecular complexity index is 1280. The number of rotatable bonds is 7. The van der Waals surface area contributed by atoms with Gasteiger partial charge in [-0.15, -0.1) is 11.3 Å². The van der Waals surface area contributed by atoms with Crippen molar-refractivity contribution in [2.24, 2.45) is 0 Å². The zero-order valence-corrected chi connectivity index (χ0v) is 19.0. The molecule has 0 saturated carbocycles. The molecule has 0 fully saturated rings. The zero-order valence-electron chi connectivity index (χ0n) is 17.4. The molecule has 0 radical (unpaired) electrons. The summed E-state index contributed by atoms with van der Waals surface area (Å²) in [6, 6.07) is 26.3. The van der Waals surface area contributed by atoms with Gasteiger partial charge in [0.25, 0.3) is 15.9 Å². The van der Waals surface area contributed by atoms with Crippen LogP contribution in [0.15, 0.2) is 101 Å². The van der Waals surface area contributed by atoms with Crippen LogP contribution in [0.4, 0.5) is 5.69 Å². The number of carbonyl (C=O) groups is 1. The van der Waals surface area contributed by atoms with Crippen LogP contribution in [0.3, 0.4) is 0 Å². The Kier molecular flexibility index (Phi) is 6.39. The van der Waals surface area contributed by atoms with Crippen molar-refractivity contribution in [3.8, 4) is 0 Å². The van der Waals surface area contributed by atoms with Gasteiger partial charge in [0, 0.05) is 16.1 Å². The van der Waals surface area contributed by atoms with E-state index in [1.165, 1.54) is 12.1 Å². The van der Waals surface area contributed by atoms with Gasteiger partial charge in [-0.05, 0) is 60.3 Å². The molecule has 4 aromatic rings. The van der Waals surface area contributed by atoms with Crippen molar-refractivity contribution >= 4 is 33.0 Å². The Labute approximate surface area is 191 Å². The monoisotopic (exact) mass is 462 g/mol. The molecule has 5 nitrogen and oxygen atoms in total. The molecule has 1 aromatic heterocycles. The first-order valence-electron chi connectivity index (χ1n) is 10.0. The van der Waals surface area contributed by atoms with Crippen LogP contribution >= 0.6 is 11.3 Å². The van der Waals surface area contributed by atoms with E-state index >= 15 is 0 Å². The summed E-state index contributed by atoms with van der Waals surface area (Å²) in [7, 11) is -3.68. The average Bonchev–Trinajstić information content (AvgIpc) is 3.33. The summed E-state index contributed by atoms with van der Waals surface area (Å²) in [5.41, 5.74) is 2.98. The third-order valence-corrected chi connectivity index (χ3v) is 7.30. The highest BCUT2D eigenvalue weighted by Gasteiger charge is 2.19. The number of carbonyl (C=O) groups excluding carboxylic acids is 1. The number of anilines is 1. The number of thiophene rings is 1. The summed E-state index contributed by atoms with van der Waals surface area (Å²) < 4.78 is 27.5. The maximum Gasteiger partial charge on any atom is 0.261 e. The molecule has 7 heteroatoms. The number of aryl methyl sites for hydroxylation is 1. The normalized spacial score (nSPS) is 12.2. The van der Waals surface area contributed by atoms with Crippen LogP contribution in [-0.2, 0) is 10.0 Å². The van der Waals surface area contributed by atoms with E-state index in [1.54, 1.807) is 53.8 Å². The van der Waals surface area contributed by atoms with Gasteiger partial charge in [-0.3, -0.25) is 9.52 Å². The summed E-state index contributed by atoms with van der Waals surface area (Å²) in [6.07, 6.45) is 0. The van der Waals surface area contributed by atoms with Gasteiger partial charge in [-0.25, -0.2) is 8.42 Å². The van der Waals surface area contributed by atoms with E-state index in [2.05, 4.69) is 10.0 Å². The Morgan fingerprint density at radius 2 is 1.53 bits per heavy atom. The van der Waals surface area contributed by atoms with Gasteiger partial charge in [0.15, 0.2) is 0 Å². The molecule has 0 aliphatic carbocycles. The first kappa shape index (κ1) is 21.8. The van der Waals surface area contributed by atoms with Gasteiger partial charge in [0.1, 0.15) is 0 Å². The van der Waals surface area contributed by atoms with Gasteiger partial charge in [-0.1, -0.05) is 54.1 Å². The first-order chi connectivity index (χ1) is 15.4. The highest BCUT2D eigenvalue weighted by atomic mass is 32.2. The van der Waals surface area contributed by atoms with E-state index in [0.717, 1.165) is 16.0 Å². The van der Waals surface area contributed by atoms with E-state index in [9.17, 15) is 13.2 Å². The molecule has 1 atom stereocenters. The van der Waals surface area contributed by atoms with Crippen LogP contribution in [0.2, 0.25) is 0 Å². The number of hydrogen-bond donors (Lipinski definition) is 2. The van der Waals surface area contributed by atoms with Crippen molar-refractivity contribution < 1.29 is 13.2 Å². The van der Waals surface area contributed by atoms with Crippen molar-refractivity contribution in [1.29, 1.82) is 0 Å². The molecule has 1 heterocycles. The molecule has 1 amide bonds. The second kappa shape index (κ2) is 9.38. The van der Waals surface area contributed by atoms with Crippen molar-refractivity contribution in [3.63, 3.8) is 0 Å². The lowest BCUT2D eigenvalue weighted by atomic mass is 10.0.